The molecule has 0 aromatic heterocycles. The molecular weight excluding hydrogens is 258 g/mol. The fourth-order valence-corrected chi connectivity index (χ4v) is 1.51. The maximum absolute atomic E-state index is 11.7. The Labute approximate surface area is 119 Å². The van der Waals surface area contributed by atoms with Crippen molar-refractivity contribution in [2.45, 2.75) is 40.2 Å². The molecule has 0 saturated heterocycles. The number of rotatable bonds is 3. The largest absolute Gasteiger partial charge is 0.462 e. The summed E-state index contributed by atoms with van der Waals surface area (Å²) in [5, 5.41) is 2.64. The van der Waals surface area contributed by atoms with Crippen molar-refractivity contribution in [3.63, 3.8) is 0 Å². The molecule has 0 atom stereocenters. The third-order valence-corrected chi connectivity index (χ3v) is 2.38. The molecule has 0 heterocycles. The fraction of sp³-hybridized carbons (Fsp3) is 0.467. The maximum atomic E-state index is 11.7. The number of anilines is 1. The van der Waals surface area contributed by atoms with E-state index in [0.717, 1.165) is 5.56 Å². The molecule has 0 aliphatic rings. The van der Waals surface area contributed by atoms with Gasteiger partial charge in [-0.25, -0.2) is 9.59 Å². The summed E-state index contributed by atoms with van der Waals surface area (Å²) in [6.45, 7) is 9.24. The number of benzene rings is 1. The molecule has 0 unspecified atom stereocenters. The lowest BCUT2D eigenvalue weighted by Crippen LogP contribution is -2.27. The summed E-state index contributed by atoms with van der Waals surface area (Å²) in [5.74, 6) is -0.417. The quantitative estimate of drug-likeness (QED) is 0.860. The molecule has 20 heavy (non-hydrogen) atoms. The molecule has 0 fully saturated rings. The van der Waals surface area contributed by atoms with Crippen molar-refractivity contribution < 1.29 is 19.1 Å². The van der Waals surface area contributed by atoms with Gasteiger partial charge in [-0.2, -0.15) is 0 Å². The predicted molar refractivity (Wildman–Crippen MR) is 77.0 cm³/mol. The van der Waals surface area contributed by atoms with Crippen molar-refractivity contribution in [3.05, 3.63) is 29.3 Å². The summed E-state index contributed by atoms with van der Waals surface area (Å²) in [4.78, 5) is 23.4. The number of carbonyl (C=O) groups is 2. The lowest BCUT2D eigenvalue weighted by Gasteiger charge is -2.20. The first-order valence-electron chi connectivity index (χ1n) is 6.50. The van der Waals surface area contributed by atoms with Crippen LogP contribution in [0.15, 0.2) is 18.2 Å². The highest BCUT2D eigenvalue weighted by molar-refractivity contribution is 5.93. The van der Waals surface area contributed by atoms with E-state index in [9.17, 15) is 9.59 Å². The van der Waals surface area contributed by atoms with Crippen LogP contribution in [0.2, 0.25) is 0 Å². The monoisotopic (exact) mass is 279 g/mol. The Balaban J connectivity index is 2.87. The van der Waals surface area contributed by atoms with Crippen LogP contribution in [0.5, 0.6) is 0 Å². The van der Waals surface area contributed by atoms with Gasteiger partial charge in [0.05, 0.1) is 12.2 Å². The average molecular weight is 279 g/mol. The number of hydrogen-bond acceptors (Lipinski definition) is 4. The Morgan fingerprint density at radius 1 is 1.25 bits per heavy atom. The Kier molecular flexibility index (Phi) is 5.13. The molecule has 1 rings (SSSR count). The molecule has 1 aromatic rings. The SMILES string of the molecule is CCOC(=O)c1ccc(C)c(NC(=O)OC(C)(C)C)c1. The van der Waals surface area contributed by atoms with Gasteiger partial charge in [0.2, 0.25) is 0 Å². The number of aryl methyl sites for hydroxylation is 1. The zero-order valence-electron chi connectivity index (χ0n) is 12.6. The summed E-state index contributed by atoms with van der Waals surface area (Å²) in [6.07, 6.45) is -0.554. The van der Waals surface area contributed by atoms with Crippen molar-refractivity contribution in [3.8, 4) is 0 Å². The highest BCUT2D eigenvalue weighted by Crippen LogP contribution is 2.19. The Hall–Kier alpha value is -2.04. The second-order valence-corrected chi connectivity index (χ2v) is 5.38. The smallest absolute Gasteiger partial charge is 0.412 e. The lowest BCUT2D eigenvalue weighted by molar-refractivity contribution is 0.0524. The molecular formula is C15H21NO4. The molecule has 0 radical (unpaired) electrons. The molecule has 1 N–H and O–H groups in total. The summed E-state index contributed by atoms with van der Waals surface area (Å²) >= 11 is 0. The third-order valence-electron chi connectivity index (χ3n) is 2.38. The first-order valence-corrected chi connectivity index (χ1v) is 6.50. The van der Waals surface area contributed by atoms with Crippen molar-refractivity contribution in [1.29, 1.82) is 0 Å². The zero-order valence-corrected chi connectivity index (χ0v) is 12.6. The second-order valence-electron chi connectivity index (χ2n) is 5.38. The summed E-state index contributed by atoms with van der Waals surface area (Å²) in [5.41, 5.74) is 1.19. The number of amides is 1. The number of nitrogens with one attached hydrogen (secondary N) is 1. The molecule has 0 aliphatic heterocycles. The molecule has 0 saturated carbocycles. The average Bonchev–Trinajstić information content (AvgIpc) is 2.29. The zero-order chi connectivity index (χ0) is 15.3. The fourth-order valence-electron chi connectivity index (χ4n) is 1.51. The van der Waals surface area contributed by atoms with Gasteiger partial charge in [-0.3, -0.25) is 5.32 Å². The Morgan fingerprint density at radius 2 is 1.90 bits per heavy atom. The van der Waals surface area contributed by atoms with Crippen molar-refractivity contribution in [1.82, 2.24) is 0 Å². The highest BCUT2D eigenvalue weighted by Gasteiger charge is 2.17. The molecule has 110 valence electrons. The van der Waals surface area contributed by atoms with E-state index >= 15 is 0 Å². The summed E-state index contributed by atoms with van der Waals surface area (Å²) < 4.78 is 10.1. The van der Waals surface area contributed by atoms with Gasteiger partial charge in [-0.05, 0) is 52.3 Å². The van der Waals surface area contributed by atoms with E-state index in [1.54, 1.807) is 45.9 Å². The Morgan fingerprint density at radius 3 is 2.45 bits per heavy atom. The third kappa shape index (κ3) is 4.91. The molecule has 5 nitrogen and oxygen atoms in total. The van der Waals surface area contributed by atoms with Crippen LogP contribution >= 0.6 is 0 Å². The van der Waals surface area contributed by atoms with Gasteiger partial charge in [0, 0.05) is 5.69 Å². The first-order chi connectivity index (χ1) is 9.23. The van der Waals surface area contributed by atoms with Gasteiger partial charge in [-0.15, -0.1) is 0 Å². The number of carbonyl (C=O) groups excluding carboxylic acids is 2. The lowest BCUT2D eigenvalue weighted by atomic mass is 10.1. The number of ether oxygens (including phenoxy) is 2. The summed E-state index contributed by atoms with van der Waals surface area (Å²) in [7, 11) is 0. The molecule has 0 spiro atoms. The minimum Gasteiger partial charge on any atom is -0.462 e. The normalized spacial score (nSPS) is 10.8. The van der Waals surface area contributed by atoms with E-state index in [2.05, 4.69) is 5.32 Å². The molecule has 0 aliphatic carbocycles. The topological polar surface area (TPSA) is 64.6 Å². The van der Waals surface area contributed by atoms with Gasteiger partial charge < -0.3 is 9.47 Å². The van der Waals surface area contributed by atoms with Crippen LogP contribution < -0.4 is 5.32 Å². The first kappa shape index (κ1) is 16.0. The van der Waals surface area contributed by atoms with Gasteiger partial charge in [-0.1, -0.05) is 6.07 Å². The molecule has 5 heteroatoms. The highest BCUT2D eigenvalue weighted by atomic mass is 16.6. The van der Waals surface area contributed by atoms with Crippen molar-refractivity contribution >= 4 is 17.7 Å². The summed E-state index contributed by atoms with van der Waals surface area (Å²) in [6, 6.07) is 4.99. The van der Waals surface area contributed by atoms with E-state index in [1.807, 2.05) is 6.92 Å². The van der Waals surface area contributed by atoms with E-state index in [-0.39, 0.29) is 0 Å². The molecule has 1 amide bonds. The number of hydrogen-bond donors (Lipinski definition) is 1. The second kappa shape index (κ2) is 6.41. The maximum Gasteiger partial charge on any atom is 0.412 e. The van der Waals surface area contributed by atoms with Crippen LogP contribution in [0.25, 0.3) is 0 Å². The van der Waals surface area contributed by atoms with Gasteiger partial charge in [0.15, 0.2) is 0 Å². The molecule has 0 bridgehead atoms. The van der Waals surface area contributed by atoms with Gasteiger partial charge >= 0.3 is 12.1 Å². The van der Waals surface area contributed by atoms with E-state index in [4.69, 9.17) is 9.47 Å². The minimum absolute atomic E-state index is 0.307. The van der Waals surface area contributed by atoms with Crippen LogP contribution in [0.3, 0.4) is 0 Å². The molecule has 1 aromatic carbocycles. The van der Waals surface area contributed by atoms with Crippen LogP contribution in [-0.4, -0.2) is 24.3 Å². The van der Waals surface area contributed by atoms with E-state index in [0.29, 0.717) is 17.9 Å². The van der Waals surface area contributed by atoms with Crippen LogP contribution in [0.1, 0.15) is 43.6 Å². The predicted octanol–water partition coefficient (Wildman–Crippen LogP) is 3.52. The standard InChI is InChI=1S/C15H21NO4/c1-6-19-13(17)11-8-7-10(2)12(9-11)16-14(18)20-15(3,4)5/h7-9H,6H2,1-5H3,(H,16,18). The Bertz CT molecular complexity index is 503. The number of esters is 1. The van der Waals surface area contributed by atoms with E-state index in [1.165, 1.54) is 0 Å². The van der Waals surface area contributed by atoms with Gasteiger partial charge in [0.25, 0.3) is 0 Å². The minimum atomic E-state index is -0.573. The van der Waals surface area contributed by atoms with Crippen molar-refractivity contribution in [2.75, 3.05) is 11.9 Å². The van der Waals surface area contributed by atoms with Crippen LogP contribution in [-0.2, 0) is 9.47 Å². The van der Waals surface area contributed by atoms with E-state index < -0.39 is 17.7 Å². The van der Waals surface area contributed by atoms with Gasteiger partial charge in [0.1, 0.15) is 5.60 Å². The van der Waals surface area contributed by atoms with Crippen molar-refractivity contribution in [2.24, 2.45) is 0 Å². The van der Waals surface area contributed by atoms with Crippen LogP contribution in [0, 0.1) is 6.92 Å². The van der Waals surface area contributed by atoms with Crippen LogP contribution in [0.4, 0.5) is 10.5 Å².